The van der Waals surface area contributed by atoms with Crippen LogP contribution in [0.1, 0.15) is 17.7 Å². The van der Waals surface area contributed by atoms with Crippen molar-refractivity contribution in [1.29, 1.82) is 0 Å². The Morgan fingerprint density at radius 3 is 2.48 bits per heavy atom. The lowest BCUT2D eigenvalue weighted by molar-refractivity contribution is -0.144. The zero-order valence-corrected chi connectivity index (χ0v) is 17.2. The summed E-state index contributed by atoms with van der Waals surface area (Å²) in [5.74, 6) is -0.492. The molecule has 6 nitrogen and oxygen atoms in total. The summed E-state index contributed by atoms with van der Waals surface area (Å²) in [6.07, 6.45) is 1.43. The quantitative estimate of drug-likeness (QED) is 0.524. The minimum absolute atomic E-state index is 0.0351. The minimum Gasteiger partial charge on any atom is -0.459 e. The fourth-order valence-corrected chi connectivity index (χ4v) is 4.02. The number of thiazole rings is 1. The molecule has 3 rings (SSSR count). The molecular weight excluding hydrogens is 408 g/mol. The molecule has 0 bridgehead atoms. The summed E-state index contributed by atoms with van der Waals surface area (Å²) in [7, 11) is -3.62. The molecule has 0 radical (unpaired) electrons. The van der Waals surface area contributed by atoms with Crippen molar-refractivity contribution >= 4 is 33.4 Å². The van der Waals surface area contributed by atoms with Gasteiger partial charge in [0.2, 0.25) is 10.0 Å². The van der Waals surface area contributed by atoms with Crippen LogP contribution in [0.5, 0.6) is 0 Å². The number of nitrogens with zero attached hydrogens (tertiary/aromatic N) is 1. The van der Waals surface area contributed by atoms with Gasteiger partial charge in [0.25, 0.3) is 0 Å². The third-order valence-electron chi connectivity index (χ3n) is 3.83. The summed E-state index contributed by atoms with van der Waals surface area (Å²) in [6.45, 7) is 0.0233. The van der Waals surface area contributed by atoms with Crippen LogP contribution in [0.4, 0.5) is 0 Å². The first-order valence-electron chi connectivity index (χ1n) is 8.90. The fourth-order valence-electron chi connectivity index (χ4n) is 2.39. The Bertz CT molecular complexity index is 1060. The predicted molar refractivity (Wildman–Crippen MR) is 114 cm³/mol. The molecule has 29 heavy (non-hydrogen) atoms. The van der Waals surface area contributed by atoms with E-state index in [1.165, 1.54) is 17.4 Å². The molecule has 0 saturated heterocycles. The number of nitrogens with one attached hydrogen (secondary N) is 1. The normalized spacial score (nSPS) is 11.6. The second-order valence-electron chi connectivity index (χ2n) is 6.07. The average Bonchev–Trinajstić information content (AvgIpc) is 3.21. The van der Waals surface area contributed by atoms with Crippen LogP contribution in [-0.4, -0.2) is 25.9 Å². The third kappa shape index (κ3) is 6.94. The maximum atomic E-state index is 11.9. The van der Waals surface area contributed by atoms with E-state index in [4.69, 9.17) is 4.74 Å². The summed E-state index contributed by atoms with van der Waals surface area (Å²) in [4.78, 5) is 16.3. The number of carbonyl (C=O) groups is 1. The van der Waals surface area contributed by atoms with Crippen LogP contribution in [0, 0.1) is 0 Å². The molecule has 0 atom stereocenters. The van der Waals surface area contributed by atoms with E-state index in [1.54, 1.807) is 12.1 Å². The van der Waals surface area contributed by atoms with E-state index in [0.29, 0.717) is 5.69 Å². The number of rotatable bonds is 9. The topological polar surface area (TPSA) is 85.4 Å². The molecule has 1 aromatic heterocycles. The van der Waals surface area contributed by atoms with Crippen molar-refractivity contribution in [2.75, 3.05) is 6.54 Å². The first-order chi connectivity index (χ1) is 14.0. The van der Waals surface area contributed by atoms with E-state index in [2.05, 4.69) is 9.71 Å². The molecule has 2 aromatic carbocycles. The number of hydrogen-bond donors (Lipinski definition) is 1. The summed E-state index contributed by atoms with van der Waals surface area (Å²) in [5, 5.41) is 3.77. The van der Waals surface area contributed by atoms with Gasteiger partial charge in [-0.1, -0.05) is 60.7 Å². The molecule has 0 amide bonds. The highest BCUT2D eigenvalue weighted by molar-refractivity contribution is 7.92. The van der Waals surface area contributed by atoms with E-state index in [1.807, 2.05) is 53.9 Å². The lowest BCUT2D eigenvalue weighted by atomic mass is 10.2. The van der Waals surface area contributed by atoms with E-state index < -0.39 is 16.0 Å². The Morgan fingerprint density at radius 2 is 1.76 bits per heavy atom. The summed E-state index contributed by atoms with van der Waals surface area (Å²) >= 11 is 1.48. The smallest absolute Gasteiger partial charge is 0.307 e. The maximum absolute atomic E-state index is 11.9. The average molecular weight is 429 g/mol. The van der Waals surface area contributed by atoms with Gasteiger partial charge in [-0.15, -0.1) is 11.3 Å². The van der Waals surface area contributed by atoms with Gasteiger partial charge in [0.1, 0.15) is 11.6 Å². The number of sulfonamides is 1. The molecule has 0 aliphatic rings. The van der Waals surface area contributed by atoms with Crippen LogP contribution in [0.3, 0.4) is 0 Å². The molecule has 8 heteroatoms. The van der Waals surface area contributed by atoms with Crippen molar-refractivity contribution in [3.8, 4) is 10.6 Å². The van der Waals surface area contributed by atoms with Crippen molar-refractivity contribution in [3.05, 3.63) is 82.7 Å². The van der Waals surface area contributed by atoms with Gasteiger partial charge < -0.3 is 4.74 Å². The van der Waals surface area contributed by atoms with Crippen LogP contribution < -0.4 is 4.72 Å². The second kappa shape index (κ2) is 10.1. The number of carbonyl (C=O) groups excluding carboxylic acids is 1. The number of benzene rings is 2. The van der Waals surface area contributed by atoms with Crippen molar-refractivity contribution < 1.29 is 17.9 Å². The summed E-state index contributed by atoms with van der Waals surface area (Å²) < 4.78 is 31.4. The molecule has 0 aliphatic heterocycles. The molecule has 0 fully saturated rings. The van der Waals surface area contributed by atoms with Gasteiger partial charge in [-0.25, -0.2) is 18.1 Å². The Labute approximate surface area is 173 Å². The summed E-state index contributed by atoms with van der Waals surface area (Å²) in [6, 6.07) is 18.8. The van der Waals surface area contributed by atoms with Gasteiger partial charge in [-0.2, -0.15) is 0 Å². The van der Waals surface area contributed by atoms with E-state index in [0.717, 1.165) is 21.5 Å². The Kier molecular flexibility index (Phi) is 7.29. The fraction of sp³-hybridized carbons (Fsp3) is 0.143. The molecule has 0 unspecified atom stereocenters. The predicted octanol–water partition coefficient (Wildman–Crippen LogP) is 3.83. The van der Waals surface area contributed by atoms with E-state index in [-0.39, 0.29) is 19.6 Å². The molecule has 0 spiro atoms. The van der Waals surface area contributed by atoms with Crippen LogP contribution in [0.2, 0.25) is 0 Å². The largest absolute Gasteiger partial charge is 0.459 e. The minimum atomic E-state index is -3.62. The Morgan fingerprint density at radius 1 is 1.07 bits per heavy atom. The Balaban J connectivity index is 1.41. The highest BCUT2D eigenvalue weighted by Crippen LogP contribution is 2.23. The molecule has 1 N–H and O–H groups in total. The van der Waals surface area contributed by atoms with Crippen LogP contribution in [0.15, 0.2) is 71.5 Å². The van der Waals surface area contributed by atoms with Gasteiger partial charge in [0.15, 0.2) is 0 Å². The van der Waals surface area contributed by atoms with Gasteiger partial charge >= 0.3 is 5.97 Å². The number of ether oxygens (including phenoxy) is 1. The standard InChI is InChI=1S/C21H20N2O4S2/c24-20(11-13-22-29(25,26)14-12-17-7-3-1-4-8-17)27-15-19-16-28-21(23-19)18-9-5-2-6-10-18/h1-10,12,14,16,22H,11,13,15H2. The molecule has 1 heterocycles. The lowest BCUT2D eigenvalue weighted by Gasteiger charge is -2.04. The van der Waals surface area contributed by atoms with Crippen molar-refractivity contribution in [2.45, 2.75) is 13.0 Å². The van der Waals surface area contributed by atoms with Crippen molar-refractivity contribution in [2.24, 2.45) is 0 Å². The van der Waals surface area contributed by atoms with Crippen LogP contribution in [-0.2, 0) is 26.2 Å². The first-order valence-corrected chi connectivity index (χ1v) is 11.3. The highest BCUT2D eigenvalue weighted by Gasteiger charge is 2.10. The van der Waals surface area contributed by atoms with E-state index in [9.17, 15) is 13.2 Å². The molecule has 0 aliphatic carbocycles. The van der Waals surface area contributed by atoms with Crippen LogP contribution in [0.25, 0.3) is 16.6 Å². The van der Waals surface area contributed by atoms with Crippen LogP contribution >= 0.6 is 11.3 Å². The number of aromatic nitrogens is 1. The lowest BCUT2D eigenvalue weighted by Crippen LogP contribution is -2.24. The number of hydrogen-bond acceptors (Lipinski definition) is 6. The van der Waals surface area contributed by atoms with Gasteiger partial charge in [0.05, 0.1) is 12.1 Å². The maximum Gasteiger partial charge on any atom is 0.307 e. The molecule has 0 saturated carbocycles. The van der Waals surface area contributed by atoms with Gasteiger partial charge in [0, 0.05) is 22.9 Å². The zero-order valence-electron chi connectivity index (χ0n) is 15.5. The van der Waals surface area contributed by atoms with Gasteiger partial charge in [-0.05, 0) is 11.6 Å². The van der Waals surface area contributed by atoms with Gasteiger partial charge in [-0.3, -0.25) is 4.79 Å². The van der Waals surface area contributed by atoms with Crippen molar-refractivity contribution in [3.63, 3.8) is 0 Å². The summed E-state index contributed by atoms with van der Waals surface area (Å²) in [5.41, 5.74) is 2.44. The number of esters is 1. The monoisotopic (exact) mass is 428 g/mol. The zero-order chi connectivity index (χ0) is 20.5. The highest BCUT2D eigenvalue weighted by atomic mass is 32.2. The first kappa shape index (κ1) is 20.9. The van der Waals surface area contributed by atoms with E-state index >= 15 is 0 Å². The molecule has 3 aromatic rings. The molecule has 150 valence electrons. The Hall–Kier alpha value is -2.81. The molecular formula is C21H20N2O4S2. The van der Waals surface area contributed by atoms with Crippen molar-refractivity contribution in [1.82, 2.24) is 9.71 Å². The SMILES string of the molecule is O=C(CCNS(=O)(=O)C=Cc1ccccc1)OCc1csc(-c2ccccc2)n1. The third-order valence-corrected chi connectivity index (χ3v) is 5.87. The second-order valence-corrected chi connectivity index (χ2v) is 8.58.